The molecule has 3 nitrogen and oxygen atoms in total. The van der Waals surface area contributed by atoms with Gasteiger partial charge in [0.05, 0.1) is 20.8 Å². The predicted molar refractivity (Wildman–Crippen MR) is 81.2 cm³/mol. The van der Waals surface area contributed by atoms with E-state index in [1.54, 1.807) is 24.4 Å². The Bertz CT molecular complexity index is 757. The number of hydrogen-bond donors (Lipinski definition) is 0. The molecule has 0 aromatic heterocycles. The van der Waals surface area contributed by atoms with E-state index in [4.69, 9.17) is 23.2 Å². The van der Waals surface area contributed by atoms with Crippen LogP contribution in [0.3, 0.4) is 0 Å². The molecule has 0 saturated heterocycles. The van der Waals surface area contributed by atoms with Crippen molar-refractivity contribution in [3.05, 3.63) is 68.8 Å². The lowest BCUT2D eigenvalue weighted by atomic mass is 10.2. The van der Waals surface area contributed by atoms with Gasteiger partial charge < -0.3 is 0 Å². The first kappa shape index (κ1) is 13.3. The highest BCUT2D eigenvalue weighted by Gasteiger charge is 2.22. The van der Waals surface area contributed by atoms with Gasteiger partial charge in [-0.05, 0) is 24.3 Å². The third-order valence-corrected chi connectivity index (χ3v) is 3.64. The molecule has 5 heteroatoms. The summed E-state index contributed by atoms with van der Waals surface area (Å²) in [5.41, 5.74) is 0.679. The van der Waals surface area contributed by atoms with Crippen molar-refractivity contribution < 1.29 is 0 Å². The molecule has 1 aliphatic heterocycles. The summed E-state index contributed by atoms with van der Waals surface area (Å²) in [4.78, 5) is 13.4. The zero-order chi connectivity index (χ0) is 14.2. The van der Waals surface area contributed by atoms with Crippen LogP contribution < -0.4 is 10.7 Å². The Morgan fingerprint density at radius 2 is 1.50 bits per heavy atom. The topological polar surface area (TPSA) is 37.1 Å². The number of halogens is 2. The summed E-state index contributed by atoms with van der Waals surface area (Å²) in [5, 5.41) is 2.80. The monoisotopic (exact) mass is 303 g/mol. The first-order chi connectivity index (χ1) is 9.57. The molecule has 0 unspecified atom stereocenters. The van der Waals surface area contributed by atoms with Gasteiger partial charge in [-0.3, -0.25) is 0 Å². The van der Waals surface area contributed by atoms with Gasteiger partial charge in [-0.25, -0.2) is 15.0 Å². The maximum absolute atomic E-state index is 6.11. The molecule has 0 aliphatic carbocycles. The molecular weight excluding hydrogens is 293 g/mol. The second-order valence-electron chi connectivity index (χ2n) is 4.58. The van der Waals surface area contributed by atoms with Gasteiger partial charge >= 0.3 is 0 Å². The maximum atomic E-state index is 6.11. The van der Waals surface area contributed by atoms with Crippen LogP contribution in [0.15, 0.2) is 57.4 Å². The summed E-state index contributed by atoms with van der Waals surface area (Å²) in [6, 6.07) is 13.0. The SMILES string of the molecule is CC1(/N=C/c2c(Cl)cccc2Cl)N=c2ccccc2=N1. The third-order valence-electron chi connectivity index (χ3n) is 2.98. The Morgan fingerprint density at radius 3 is 2.05 bits per heavy atom. The average molecular weight is 304 g/mol. The van der Waals surface area contributed by atoms with E-state index in [2.05, 4.69) is 15.0 Å². The summed E-state index contributed by atoms with van der Waals surface area (Å²) < 4.78 is 0. The van der Waals surface area contributed by atoms with E-state index in [1.165, 1.54) is 0 Å². The van der Waals surface area contributed by atoms with Gasteiger partial charge in [0.1, 0.15) is 0 Å². The molecule has 0 saturated carbocycles. The van der Waals surface area contributed by atoms with E-state index in [1.807, 2.05) is 31.2 Å². The Kier molecular flexibility index (Phi) is 3.32. The molecule has 2 aromatic rings. The summed E-state index contributed by atoms with van der Waals surface area (Å²) >= 11 is 12.2. The molecule has 0 radical (unpaired) electrons. The largest absolute Gasteiger partial charge is 0.242 e. The molecule has 0 atom stereocenters. The van der Waals surface area contributed by atoms with Crippen LogP contribution in [0.1, 0.15) is 12.5 Å². The van der Waals surface area contributed by atoms with Gasteiger partial charge in [0.15, 0.2) is 0 Å². The average Bonchev–Trinajstić information content (AvgIpc) is 2.74. The highest BCUT2D eigenvalue weighted by atomic mass is 35.5. The lowest BCUT2D eigenvalue weighted by molar-refractivity contribution is 0.523. The zero-order valence-corrected chi connectivity index (χ0v) is 12.2. The van der Waals surface area contributed by atoms with Crippen LogP contribution in [-0.2, 0) is 0 Å². The van der Waals surface area contributed by atoms with Crippen molar-refractivity contribution in [2.75, 3.05) is 0 Å². The number of hydrogen-bond acceptors (Lipinski definition) is 3. The number of aliphatic imine (C=N–C) groups is 1. The summed E-state index contributed by atoms with van der Waals surface area (Å²) in [6.07, 6.45) is 1.63. The highest BCUT2D eigenvalue weighted by Crippen LogP contribution is 2.23. The number of nitrogens with zero attached hydrogens (tertiary/aromatic N) is 3. The smallest absolute Gasteiger partial charge is 0.241 e. The van der Waals surface area contributed by atoms with Crippen LogP contribution in [0.5, 0.6) is 0 Å². The second kappa shape index (κ2) is 5.00. The molecular formula is C15H11Cl2N3. The molecule has 0 fully saturated rings. The fourth-order valence-electron chi connectivity index (χ4n) is 2.01. The molecule has 1 aliphatic rings. The van der Waals surface area contributed by atoms with Crippen LogP contribution in [0.25, 0.3) is 0 Å². The standard InChI is InChI=1S/C15H11Cl2N3/c1-15(19-13-7-2-3-8-14(13)20-15)18-9-10-11(16)5-4-6-12(10)17/h2-9H,1H3/b18-9+. The molecule has 1 heterocycles. The van der Waals surface area contributed by atoms with Gasteiger partial charge in [-0.15, -0.1) is 0 Å². The van der Waals surface area contributed by atoms with Crippen molar-refractivity contribution in [2.24, 2.45) is 15.0 Å². The van der Waals surface area contributed by atoms with Crippen molar-refractivity contribution in [3.63, 3.8) is 0 Å². The van der Waals surface area contributed by atoms with Crippen molar-refractivity contribution in [3.8, 4) is 0 Å². The Labute approximate surface area is 126 Å². The Balaban J connectivity index is 2.00. The number of fused-ring (bicyclic) bond motifs is 1. The van der Waals surface area contributed by atoms with Crippen molar-refractivity contribution in [1.82, 2.24) is 0 Å². The quantitative estimate of drug-likeness (QED) is 0.765. The van der Waals surface area contributed by atoms with Crippen molar-refractivity contribution >= 4 is 29.4 Å². The number of rotatable bonds is 2. The molecule has 0 amide bonds. The van der Waals surface area contributed by atoms with Gasteiger partial charge in [-0.2, -0.15) is 0 Å². The van der Waals surface area contributed by atoms with Gasteiger partial charge in [0.2, 0.25) is 5.79 Å². The fourth-order valence-corrected chi connectivity index (χ4v) is 2.51. The third kappa shape index (κ3) is 2.47. The molecule has 0 N–H and O–H groups in total. The maximum Gasteiger partial charge on any atom is 0.242 e. The van der Waals surface area contributed by atoms with E-state index in [0.717, 1.165) is 10.7 Å². The molecule has 20 heavy (non-hydrogen) atoms. The van der Waals surface area contributed by atoms with Crippen molar-refractivity contribution in [1.29, 1.82) is 0 Å². The molecule has 3 rings (SSSR count). The minimum absolute atomic E-state index is 0.556. The van der Waals surface area contributed by atoms with Crippen LogP contribution in [0.2, 0.25) is 10.0 Å². The van der Waals surface area contributed by atoms with Crippen LogP contribution >= 0.6 is 23.2 Å². The summed E-state index contributed by atoms with van der Waals surface area (Å²) in [6.45, 7) is 1.84. The minimum Gasteiger partial charge on any atom is -0.241 e. The predicted octanol–water partition coefficient (Wildman–Crippen LogP) is 3.04. The zero-order valence-electron chi connectivity index (χ0n) is 10.7. The lowest BCUT2D eigenvalue weighted by Crippen LogP contribution is -2.19. The molecule has 100 valence electrons. The van der Waals surface area contributed by atoms with Gasteiger partial charge in [0, 0.05) is 18.7 Å². The van der Waals surface area contributed by atoms with E-state index in [0.29, 0.717) is 15.6 Å². The van der Waals surface area contributed by atoms with Crippen molar-refractivity contribution in [2.45, 2.75) is 12.7 Å². The van der Waals surface area contributed by atoms with Gasteiger partial charge in [0.25, 0.3) is 0 Å². The molecule has 2 aromatic carbocycles. The highest BCUT2D eigenvalue weighted by molar-refractivity contribution is 6.38. The van der Waals surface area contributed by atoms with E-state index in [-0.39, 0.29) is 0 Å². The summed E-state index contributed by atoms with van der Waals surface area (Å²) in [7, 11) is 0. The van der Waals surface area contributed by atoms with Crippen LogP contribution in [0.4, 0.5) is 0 Å². The molecule has 0 spiro atoms. The summed E-state index contributed by atoms with van der Waals surface area (Å²) in [5.74, 6) is -0.855. The Morgan fingerprint density at radius 1 is 0.950 bits per heavy atom. The minimum atomic E-state index is -0.855. The number of benzene rings is 2. The van der Waals surface area contributed by atoms with Crippen LogP contribution in [0, 0.1) is 0 Å². The Hall–Kier alpha value is -1.71. The second-order valence-corrected chi connectivity index (χ2v) is 5.39. The fraction of sp³-hybridized carbons (Fsp3) is 0.133. The van der Waals surface area contributed by atoms with E-state index >= 15 is 0 Å². The molecule has 0 bridgehead atoms. The van der Waals surface area contributed by atoms with Crippen LogP contribution in [-0.4, -0.2) is 12.0 Å². The normalized spacial score (nSPS) is 15.8. The van der Waals surface area contributed by atoms with E-state index in [9.17, 15) is 0 Å². The van der Waals surface area contributed by atoms with E-state index < -0.39 is 5.79 Å². The lowest BCUT2D eigenvalue weighted by Gasteiger charge is -2.11. The first-order valence-corrected chi connectivity index (χ1v) is 6.87. The first-order valence-electron chi connectivity index (χ1n) is 6.11. The van der Waals surface area contributed by atoms with Gasteiger partial charge in [-0.1, -0.05) is 41.4 Å². The number of para-hydroxylation sites is 2.